The molecule has 110 valence electrons. The Labute approximate surface area is 129 Å². The minimum atomic E-state index is -0.307. The number of amides is 1. The molecular formula is C16H17ClN2O2. The van der Waals surface area contributed by atoms with Crippen molar-refractivity contribution < 1.29 is 9.53 Å². The Hall–Kier alpha value is -2.07. The number of aryl methyl sites for hydroxylation is 1. The fourth-order valence-electron chi connectivity index (χ4n) is 1.81. The third-order valence-electron chi connectivity index (χ3n) is 2.85. The van der Waals surface area contributed by atoms with Gasteiger partial charge in [0.2, 0.25) is 0 Å². The van der Waals surface area contributed by atoms with Crippen LogP contribution in [0.2, 0.25) is 5.15 Å². The Kier molecular flexibility index (Phi) is 5.17. The fraction of sp³-hybridized carbons (Fsp3) is 0.250. The van der Waals surface area contributed by atoms with Crippen molar-refractivity contribution in [1.82, 2.24) is 4.98 Å². The molecule has 0 saturated heterocycles. The van der Waals surface area contributed by atoms with Crippen LogP contribution in [-0.4, -0.2) is 17.5 Å². The Bertz CT molecular complexity index is 644. The number of rotatable bonds is 5. The lowest BCUT2D eigenvalue weighted by molar-refractivity contribution is 0.102. The highest BCUT2D eigenvalue weighted by Crippen LogP contribution is 2.27. The third-order valence-corrected chi connectivity index (χ3v) is 3.15. The monoisotopic (exact) mass is 304 g/mol. The van der Waals surface area contributed by atoms with Crippen LogP contribution in [0.1, 0.15) is 29.3 Å². The summed E-state index contributed by atoms with van der Waals surface area (Å²) in [4.78, 5) is 16.2. The minimum absolute atomic E-state index is 0.179. The molecule has 0 spiro atoms. The molecule has 0 radical (unpaired) electrons. The summed E-state index contributed by atoms with van der Waals surface area (Å²) in [7, 11) is 0. The first-order chi connectivity index (χ1) is 10.1. The van der Waals surface area contributed by atoms with Crippen molar-refractivity contribution in [3.05, 3.63) is 52.8 Å². The molecule has 0 aliphatic carbocycles. The number of halogens is 1. The maximum atomic E-state index is 12.3. The van der Waals surface area contributed by atoms with Crippen molar-refractivity contribution in [3.8, 4) is 5.75 Å². The van der Waals surface area contributed by atoms with E-state index in [1.807, 2.05) is 32.0 Å². The first kappa shape index (κ1) is 15.3. The molecule has 0 atom stereocenters. The quantitative estimate of drug-likeness (QED) is 0.847. The molecule has 1 aromatic heterocycles. The van der Waals surface area contributed by atoms with E-state index in [4.69, 9.17) is 16.3 Å². The van der Waals surface area contributed by atoms with Crippen molar-refractivity contribution in [3.63, 3.8) is 0 Å². The zero-order valence-corrected chi connectivity index (χ0v) is 12.8. The number of anilines is 1. The smallest absolute Gasteiger partial charge is 0.258 e. The van der Waals surface area contributed by atoms with Crippen LogP contribution >= 0.6 is 11.6 Å². The zero-order chi connectivity index (χ0) is 15.2. The number of hydrogen-bond donors (Lipinski definition) is 1. The summed E-state index contributed by atoms with van der Waals surface area (Å²) < 4.78 is 5.67. The normalized spacial score (nSPS) is 10.2. The van der Waals surface area contributed by atoms with Gasteiger partial charge in [-0.2, -0.15) is 0 Å². The number of carbonyl (C=O) groups excluding carboxylic acids is 1. The Balaban J connectivity index is 2.23. The number of nitrogens with one attached hydrogen (secondary N) is 1. The average Bonchev–Trinajstić information content (AvgIpc) is 2.47. The molecule has 0 fully saturated rings. The lowest BCUT2D eigenvalue weighted by Crippen LogP contribution is -2.14. The van der Waals surface area contributed by atoms with Gasteiger partial charge in [0.1, 0.15) is 10.9 Å². The number of nitrogens with zero attached hydrogens (tertiary/aromatic N) is 1. The summed E-state index contributed by atoms with van der Waals surface area (Å²) in [6.45, 7) is 4.60. The molecule has 4 nitrogen and oxygen atoms in total. The number of hydrogen-bond acceptors (Lipinski definition) is 3. The summed E-state index contributed by atoms with van der Waals surface area (Å²) in [5.74, 6) is 0.350. The van der Waals surface area contributed by atoms with Crippen LogP contribution in [0.5, 0.6) is 5.75 Å². The molecule has 0 unspecified atom stereocenters. The van der Waals surface area contributed by atoms with Crippen LogP contribution in [0, 0.1) is 6.92 Å². The van der Waals surface area contributed by atoms with Crippen molar-refractivity contribution in [2.45, 2.75) is 20.3 Å². The molecule has 0 aliphatic rings. The maximum Gasteiger partial charge on any atom is 0.258 e. The van der Waals surface area contributed by atoms with E-state index in [9.17, 15) is 4.79 Å². The molecule has 2 rings (SSSR count). The molecule has 5 heteroatoms. The van der Waals surface area contributed by atoms with Crippen LogP contribution < -0.4 is 10.1 Å². The fourth-order valence-corrected chi connectivity index (χ4v) is 2.01. The van der Waals surface area contributed by atoms with Gasteiger partial charge < -0.3 is 10.1 Å². The molecule has 0 aliphatic heterocycles. The molecule has 1 aromatic carbocycles. The number of carbonyl (C=O) groups is 1. The van der Waals surface area contributed by atoms with Crippen LogP contribution in [0.4, 0.5) is 5.69 Å². The van der Waals surface area contributed by atoms with Crippen LogP contribution in [0.15, 0.2) is 36.5 Å². The van der Waals surface area contributed by atoms with Crippen molar-refractivity contribution in [1.29, 1.82) is 0 Å². The highest BCUT2D eigenvalue weighted by Gasteiger charge is 2.13. The second-order valence-electron chi connectivity index (χ2n) is 4.64. The highest BCUT2D eigenvalue weighted by atomic mass is 35.5. The Morgan fingerprint density at radius 2 is 2.19 bits per heavy atom. The molecule has 1 N–H and O–H groups in total. The molecule has 0 saturated carbocycles. The SMILES string of the molecule is CCCOc1cc(C)ccc1NC(=O)c1cccnc1Cl. The lowest BCUT2D eigenvalue weighted by atomic mass is 10.2. The molecular weight excluding hydrogens is 288 g/mol. The van der Waals surface area contributed by atoms with E-state index >= 15 is 0 Å². The van der Waals surface area contributed by atoms with Gasteiger partial charge in [-0.1, -0.05) is 24.6 Å². The van der Waals surface area contributed by atoms with Gasteiger partial charge in [-0.3, -0.25) is 4.79 Å². The molecule has 2 aromatic rings. The molecule has 0 bridgehead atoms. The standard InChI is InChI=1S/C16H17ClN2O2/c1-3-9-21-14-10-11(2)6-7-13(14)19-16(20)12-5-4-8-18-15(12)17/h4-8,10H,3,9H2,1-2H3,(H,19,20). The van der Waals surface area contributed by atoms with Gasteiger partial charge in [-0.25, -0.2) is 4.98 Å². The first-order valence-corrected chi connectivity index (χ1v) is 7.15. The largest absolute Gasteiger partial charge is 0.491 e. The van der Waals surface area contributed by atoms with Crippen molar-refractivity contribution in [2.75, 3.05) is 11.9 Å². The van der Waals surface area contributed by atoms with Crippen LogP contribution in [0.25, 0.3) is 0 Å². The van der Waals surface area contributed by atoms with E-state index < -0.39 is 0 Å². The minimum Gasteiger partial charge on any atom is -0.491 e. The second-order valence-corrected chi connectivity index (χ2v) is 5.00. The Morgan fingerprint density at radius 3 is 2.90 bits per heavy atom. The highest BCUT2D eigenvalue weighted by molar-refractivity contribution is 6.33. The summed E-state index contributed by atoms with van der Waals surface area (Å²) in [5, 5.41) is 2.99. The number of ether oxygens (including phenoxy) is 1. The van der Waals surface area contributed by atoms with Gasteiger partial charge in [0, 0.05) is 6.20 Å². The number of pyridine rings is 1. The molecule has 21 heavy (non-hydrogen) atoms. The van der Waals surface area contributed by atoms with E-state index in [0.29, 0.717) is 23.6 Å². The van der Waals surface area contributed by atoms with Crippen LogP contribution in [-0.2, 0) is 0 Å². The summed E-state index contributed by atoms with van der Waals surface area (Å²) in [6, 6.07) is 8.94. The number of aromatic nitrogens is 1. The predicted molar refractivity (Wildman–Crippen MR) is 84.2 cm³/mol. The van der Waals surface area contributed by atoms with E-state index in [0.717, 1.165) is 12.0 Å². The second kappa shape index (κ2) is 7.09. The number of benzene rings is 1. The Morgan fingerprint density at radius 1 is 1.38 bits per heavy atom. The summed E-state index contributed by atoms with van der Waals surface area (Å²) in [6.07, 6.45) is 2.44. The van der Waals surface area contributed by atoms with E-state index in [-0.39, 0.29) is 11.1 Å². The van der Waals surface area contributed by atoms with Gasteiger partial charge in [-0.05, 0) is 43.2 Å². The topological polar surface area (TPSA) is 51.2 Å². The maximum absolute atomic E-state index is 12.3. The third kappa shape index (κ3) is 3.95. The average molecular weight is 305 g/mol. The lowest BCUT2D eigenvalue weighted by Gasteiger charge is -2.13. The van der Waals surface area contributed by atoms with Gasteiger partial charge >= 0.3 is 0 Å². The van der Waals surface area contributed by atoms with E-state index in [1.165, 1.54) is 0 Å². The van der Waals surface area contributed by atoms with Gasteiger partial charge in [0.25, 0.3) is 5.91 Å². The predicted octanol–water partition coefficient (Wildman–Crippen LogP) is 4.08. The van der Waals surface area contributed by atoms with Crippen molar-refractivity contribution >= 4 is 23.2 Å². The first-order valence-electron chi connectivity index (χ1n) is 6.77. The zero-order valence-electron chi connectivity index (χ0n) is 12.0. The summed E-state index contributed by atoms with van der Waals surface area (Å²) in [5.41, 5.74) is 2.03. The van der Waals surface area contributed by atoms with Gasteiger partial charge in [-0.15, -0.1) is 0 Å². The summed E-state index contributed by atoms with van der Waals surface area (Å²) >= 11 is 5.93. The van der Waals surface area contributed by atoms with E-state index in [1.54, 1.807) is 18.3 Å². The van der Waals surface area contributed by atoms with Gasteiger partial charge in [0.05, 0.1) is 17.9 Å². The van der Waals surface area contributed by atoms with Gasteiger partial charge in [0.15, 0.2) is 0 Å². The molecule has 1 heterocycles. The molecule has 1 amide bonds. The van der Waals surface area contributed by atoms with Crippen LogP contribution in [0.3, 0.4) is 0 Å². The van der Waals surface area contributed by atoms with Crippen molar-refractivity contribution in [2.24, 2.45) is 0 Å². The van der Waals surface area contributed by atoms with E-state index in [2.05, 4.69) is 10.3 Å².